The molecule has 1 atom stereocenters. The van der Waals surface area contributed by atoms with Crippen LogP contribution in [0.3, 0.4) is 0 Å². The zero-order valence-electron chi connectivity index (χ0n) is 8.72. The fourth-order valence-corrected chi connectivity index (χ4v) is 2.02. The predicted molar refractivity (Wildman–Crippen MR) is 55.5 cm³/mol. The molecular weight excluding hydrogens is 193 g/mol. The van der Waals surface area contributed by atoms with E-state index in [1.54, 1.807) is 6.92 Å². The van der Waals surface area contributed by atoms with Gasteiger partial charge in [-0.2, -0.15) is 0 Å². The summed E-state index contributed by atoms with van der Waals surface area (Å²) in [5, 5.41) is 3.46. The molecule has 1 aliphatic heterocycles. The lowest BCUT2D eigenvalue weighted by Gasteiger charge is -2.10. The first-order valence-corrected chi connectivity index (χ1v) is 5.43. The van der Waals surface area contributed by atoms with E-state index in [4.69, 9.17) is 4.74 Å². The Balaban J connectivity index is 1.92. The molecule has 3 rings (SSSR count). The first-order chi connectivity index (χ1) is 7.25. The van der Waals surface area contributed by atoms with Gasteiger partial charge in [-0.1, -0.05) is 12.1 Å². The molecule has 0 amide bonds. The second-order valence-corrected chi connectivity index (χ2v) is 4.42. The van der Waals surface area contributed by atoms with Crippen molar-refractivity contribution in [1.29, 1.82) is 0 Å². The van der Waals surface area contributed by atoms with Crippen molar-refractivity contribution in [3.8, 4) is 5.75 Å². The smallest absolute Gasteiger partial charge is 0.168 e. The molecule has 1 heterocycles. The zero-order valence-corrected chi connectivity index (χ0v) is 8.72. The Bertz CT molecular complexity index is 401. The number of hydrogen-bond acceptors (Lipinski definition) is 2. The second-order valence-electron chi connectivity index (χ2n) is 4.42. The Hall–Kier alpha value is -1.09. The number of halogens is 1. The minimum absolute atomic E-state index is 0.183. The van der Waals surface area contributed by atoms with Crippen LogP contribution in [0.15, 0.2) is 12.1 Å². The van der Waals surface area contributed by atoms with Crippen molar-refractivity contribution in [3.63, 3.8) is 0 Å². The number of fused-ring (bicyclic) bond motifs is 1. The van der Waals surface area contributed by atoms with E-state index in [2.05, 4.69) is 5.32 Å². The van der Waals surface area contributed by atoms with Crippen molar-refractivity contribution in [2.45, 2.75) is 31.8 Å². The standard InChI is InChI=1S/C12H14FNO/c1-7-2-5-9-10(14-8-3-4-8)6-15-12(9)11(7)13/h2,5,8,10,14H,3-4,6H2,1H3. The Morgan fingerprint density at radius 1 is 1.40 bits per heavy atom. The van der Waals surface area contributed by atoms with Crippen LogP contribution in [0.25, 0.3) is 0 Å². The van der Waals surface area contributed by atoms with E-state index in [9.17, 15) is 4.39 Å². The number of hydrogen-bond donors (Lipinski definition) is 1. The molecule has 1 N–H and O–H groups in total. The molecule has 2 aliphatic rings. The minimum Gasteiger partial charge on any atom is -0.488 e. The van der Waals surface area contributed by atoms with Gasteiger partial charge in [-0.15, -0.1) is 0 Å². The highest BCUT2D eigenvalue weighted by molar-refractivity contribution is 5.43. The number of benzene rings is 1. The third-order valence-electron chi connectivity index (χ3n) is 3.10. The van der Waals surface area contributed by atoms with Crippen molar-refractivity contribution >= 4 is 0 Å². The number of ether oxygens (including phenoxy) is 1. The molecule has 1 aromatic carbocycles. The van der Waals surface area contributed by atoms with Gasteiger partial charge in [0.1, 0.15) is 6.61 Å². The minimum atomic E-state index is -0.201. The van der Waals surface area contributed by atoms with Gasteiger partial charge in [0.2, 0.25) is 0 Å². The summed E-state index contributed by atoms with van der Waals surface area (Å²) in [6.45, 7) is 2.33. The van der Waals surface area contributed by atoms with Crippen LogP contribution < -0.4 is 10.1 Å². The van der Waals surface area contributed by atoms with Crippen molar-refractivity contribution in [1.82, 2.24) is 5.32 Å². The van der Waals surface area contributed by atoms with E-state index >= 15 is 0 Å². The number of rotatable bonds is 2. The van der Waals surface area contributed by atoms with Gasteiger partial charge in [0.25, 0.3) is 0 Å². The molecule has 0 spiro atoms. The Morgan fingerprint density at radius 2 is 2.20 bits per heavy atom. The highest BCUT2D eigenvalue weighted by Crippen LogP contribution is 2.37. The molecule has 1 saturated carbocycles. The van der Waals surface area contributed by atoms with Gasteiger partial charge in [0.15, 0.2) is 11.6 Å². The molecule has 0 aromatic heterocycles. The van der Waals surface area contributed by atoms with Crippen molar-refractivity contribution in [2.24, 2.45) is 0 Å². The third kappa shape index (κ3) is 1.51. The summed E-state index contributed by atoms with van der Waals surface area (Å²) >= 11 is 0. The van der Waals surface area contributed by atoms with Gasteiger partial charge in [-0.05, 0) is 25.3 Å². The highest BCUT2D eigenvalue weighted by Gasteiger charge is 2.32. The molecule has 3 heteroatoms. The normalized spacial score (nSPS) is 23.7. The molecule has 15 heavy (non-hydrogen) atoms. The largest absolute Gasteiger partial charge is 0.488 e. The van der Waals surface area contributed by atoms with Crippen molar-refractivity contribution in [2.75, 3.05) is 6.61 Å². The maximum absolute atomic E-state index is 13.7. The maximum Gasteiger partial charge on any atom is 0.168 e. The van der Waals surface area contributed by atoms with Crippen LogP contribution in [0.4, 0.5) is 4.39 Å². The fourth-order valence-electron chi connectivity index (χ4n) is 2.02. The Morgan fingerprint density at radius 3 is 2.93 bits per heavy atom. The summed E-state index contributed by atoms with van der Waals surface area (Å²) in [4.78, 5) is 0. The molecule has 2 nitrogen and oxygen atoms in total. The van der Waals surface area contributed by atoms with Crippen LogP contribution in [0.5, 0.6) is 5.75 Å². The van der Waals surface area contributed by atoms with Crippen LogP contribution >= 0.6 is 0 Å². The van der Waals surface area contributed by atoms with Gasteiger partial charge in [0.05, 0.1) is 6.04 Å². The van der Waals surface area contributed by atoms with Crippen LogP contribution in [0.2, 0.25) is 0 Å². The number of nitrogens with one attached hydrogen (secondary N) is 1. The van der Waals surface area contributed by atoms with Gasteiger partial charge in [-0.3, -0.25) is 0 Å². The number of aryl methyl sites for hydroxylation is 1. The monoisotopic (exact) mass is 207 g/mol. The maximum atomic E-state index is 13.7. The topological polar surface area (TPSA) is 21.3 Å². The van der Waals surface area contributed by atoms with Gasteiger partial charge in [-0.25, -0.2) is 4.39 Å². The molecule has 1 unspecified atom stereocenters. The van der Waals surface area contributed by atoms with E-state index in [0.29, 0.717) is 24.0 Å². The van der Waals surface area contributed by atoms with E-state index in [0.717, 1.165) is 5.56 Å². The molecular formula is C12H14FNO. The third-order valence-corrected chi connectivity index (χ3v) is 3.10. The average molecular weight is 207 g/mol. The first kappa shape index (κ1) is 9.16. The molecule has 80 valence electrons. The molecule has 0 saturated heterocycles. The van der Waals surface area contributed by atoms with Crippen molar-refractivity contribution < 1.29 is 9.13 Å². The van der Waals surface area contributed by atoms with Crippen LogP contribution in [0.1, 0.15) is 30.0 Å². The predicted octanol–water partition coefficient (Wildman–Crippen LogP) is 2.32. The fraction of sp³-hybridized carbons (Fsp3) is 0.500. The van der Waals surface area contributed by atoms with Crippen LogP contribution in [0, 0.1) is 12.7 Å². The summed E-state index contributed by atoms with van der Waals surface area (Å²) < 4.78 is 19.1. The molecule has 1 aromatic rings. The van der Waals surface area contributed by atoms with E-state index in [1.165, 1.54) is 12.8 Å². The van der Waals surface area contributed by atoms with Gasteiger partial charge >= 0.3 is 0 Å². The van der Waals surface area contributed by atoms with Crippen LogP contribution in [-0.2, 0) is 0 Å². The van der Waals surface area contributed by atoms with Gasteiger partial charge < -0.3 is 10.1 Å². The quantitative estimate of drug-likeness (QED) is 0.803. The van der Waals surface area contributed by atoms with E-state index in [-0.39, 0.29) is 11.9 Å². The highest BCUT2D eigenvalue weighted by atomic mass is 19.1. The molecule has 1 aliphatic carbocycles. The zero-order chi connectivity index (χ0) is 10.4. The van der Waals surface area contributed by atoms with Crippen molar-refractivity contribution in [3.05, 3.63) is 29.1 Å². The van der Waals surface area contributed by atoms with E-state index < -0.39 is 0 Å². The summed E-state index contributed by atoms with van der Waals surface area (Å²) in [6, 6.07) is 4.60. The molecule has 1 fully saturated rings. The van der Waals surface area contributed by atoms with Crippen LogP contribution in [-0.4, -0.2) is 12.6 Å². The lowest BCUT2D eigenvalue weighted by atomic mass is 10.1. The Labute approximate surface area is 88.4 Å². The lowest BCUT2D eigenvalue weighted by Crippen LogP contribution is -2.24. The molecule has 0 bridgehead atoms. The van der Waals surface area contributed by atoms with Gasteiger partial charge in [0, 0.05) is 11.6 Å². The average Bonchev–Trinajstić information content (AvgIpc) is 2.93. The lowest BCUT2D eigenvalue weighted by molar-refractivity contribution is 0.299. The summed E-state index contributed by atoms with van der Waals surface area (Å²) in [5.74, 6) is 0.251. The first-order valence-electron chi connectivity index (χ1n) is 5.43. The summed E-state index contributed by atoms with van der Waals surface area (Å²) in [6.07, 6.45) is 2.47. The summed E-state index contributed by atoms with van der Waals surface area (Å²) in [5.41, 5.74) is 1.63. The van der Waals surface area contributed by atoms with E-state index in [1.807, 2.05) is 12.1 Å². The second kappa shape index (κ2) is 3.20. The molecule has 0 radical (unpaired) electrons. The Kier molecular flexibility index (Phi) is 1.96. The summed E-state index contributed by atoms with van der Waals surface area (Å²) in [7, 11) is 0. The SMILES string of the molecule is Cc1ccc2c(c1F)OCC2NC1CC1.